The number of phenols is 2. The molecule has 0 atom stereocenters. The Labute approximate surface area is 96.4 Å². The maximum absolute atomic E-state index is 11.2. The summed E-state index contributed by atoms with van der Waals surface area (Å²) < 4.78 is 4.71. The van der Waals surface area contributed by atoms with Crippen molar-refractivity contribution >= 4 is 11.9 Å². The van der Waals surface area contributed by atoms with E-state index in [0.717, 1.165) is 18.2 Å². The van der Waals surface area contributed by atoms with Crippen molar-refractivity contribution in [3.63, 3.8) is 0 Å². The Hall–Kier alpha value is -2.50. The number of hydrogen-bond donors (Lipinski definition) is 3. The molecule has 6 heteroatoms. The molecule has 0 aliphatic rings. The van der Waals surface area contributed by atoms with Crippen molar-refractivity contribution in [2.75, 3.05) is 0 Å². The smallest absolute Gasteiger partial charge is 0.331 e. The molecule has 0 unspecified atom stereocenters. The molecule has 6 nitrogen and oxygen atoms in total. The molecule has 0 heterocycles. The maximum atomic E-state index is 11.2. The number of carboxylic acid groups (broad SMARTS) is 1. The van der Waals surface area contributed by atoms with E-state index in [1.165, 1.54) is 0 Å². The van der Waals surface area contributed by atoms with Gasteiger partial charge in [-0.15, -0.1) is 0 Å². The third-order valence-electron chi connectivity index (χ3n) is 1.77. The van der Waals surface area contributed by atoms with Gasteiger partial charge < -0.3 is 20.1 Å². The monoisotopic (exact) mass is 238 g/mol. The molecule has 3 N–H and O–H groups in total. The molecular formula is C11H10O6. The zero-order chi connectivity index (χ0) is 13.0. The number of aliphatic carboxylic acids is 1. The van der Waals surface area contributed by atoms with E-state index in [1.807, 2.05) is 0 Å². The summed E-state index contributed by atoms with van der Waals surface area (Å²) in [5.41, 5.74) is -0.306. The van der Waals surface area contributed by atoms with Crippen LogP contribution >= 0.6 is 0 Å². The van der Waals surface area contributed by atoms with Crippen molar-refractivity contribution in [2.24, 2.45) is 0 Å². The summed E-state index contributed by atoms with van der Waals surface area (Å²) in [5.74, 6) is -2.76. The number of ether oxygens (including phenoxy) is 1. The maximum Gasteiger partial charge on any atom is 0.331 e. The van der Waals surface area contributed by atoms with E-state index in [2.05, 4.69) is 6.58 Å². The molecule has 1 rings (SSSR count). The summed E-state index contributed by atoms with van der Waals surface area (Å²) in [4.78, 5) is 21.6. The standard InChI is InChI=1S/C11H10O6/c1-6(11(15)16)2-10(14)17-9-4-7(12)3-8(13)5-9/h3-5,12-13H,1-2H2,(H,15,16). The van der Waals surface area contributed by atoms with Crippen LogP contribution in [0.25, 0.3) is 0 Å². The Bertz CT molecular complexity index is 457. The van der Waals surface area contributed by atoms with Crippen molar-refractivity contribution in [1.29, 1.82) is 0 Å². The van der Waals surface area contributed by atoms with E-state index >= 15 is 0 Å². The Morgan fingerprint density at radius 3 is 2.18 bits per heavy atom. The third kappa shape index (κ3) is 3.86. The van der Waals surface area contributed by atoms with Gasteiger partial charge in [0.1, 0.15) is 17.2 Å². The van der Waals surface area contributed by atoms with Gasteiger partial charge in [0.15, 0.2) is 0 Å². The van der Waals surface area contributed by atoms with Crippen LogP contribution in [0.5, 0.6) is 17.2 Å². The predicted octanol–water partition coefficient (Wildman–Crippen LogP) is 1.03. The first kappa shape index (κ1) is 12.6. The van der Waals surface area contributed by atoms with Crippen LogP contribution < -0.4 is 4.74 Å². The van der Waals surface area contributed by atoms with Gasteiger partial charge in [-0.1, -0.05) is 6.58 Å². The fraction of sp³-hybridized carbons (Fsp3) is 0.0909. The minimum atomic E-state index is -1.29. The van der Waals surface area contributed by atoms with Gasteiger partial charge >= 0.3 is 11.9 Å². The van der Waals surface area contributed by atoms with E-state index < -0.39 is 18.4 Å². The molecule has 0 aromatic heterocycles. The number of rotatable bonds is 4. The van der Waals surface area contributed by atoms with E-state index in [1.54, 1.807) is 0 Å². The summed E-state index contributed by atoms with van der Waals surface area (Å²) in [6, 6.07) is 3.29. The van der Waals surface area contributed by atoms with Crippen molar-refractivity contribution in [3.8, 4) is 17.2 Å². The van der Waals surface area contributed by atoms with Crippen LogP contribution in [0.2, 0.25) is 0 Å². The van der Waals surface area contributed by atoms with Gasteiger partial charge in [0.25, 0.3) is 0 Å². The summed E-state index contributed by atoms with van der Waals surface area (Å²) in [5, 5.41) is 26.7. The Morgan fingerprint density at radius 2 is 1.71 bits per heavy atom. The molecule has 90 valence electrons. The minimum absolute atomic E-state index is 0.0781. The summed E-state index contributed by atoms with van der Waals surface area (Å²) in [6.07, 6.45) is -0.480. The second kappa shape index (κ2) is 5.02. The Morgan fingerprint density at radius 1 is 1.18 bits per heavy atom. The quantitative estimate of drug-likeness (QED) is 0.411. The Kier molecular flexibility index (Phi) is 3.71. The molecule has 0 aliphatic carbocycles. The highest BCUT2D eigenvalue weighted by atomic mass is 16.5. The van der Waals surface area contributed by atoms with Gasteiger partial charge in [-0.25, -0.2) is 4.79 Å². The SMILES string of the molecule is C=C(CC(=O)Oc1cc(O)cc(O)c1)C(=O)O. The normalized spacial score (nSPS) is 9.65. The topological polar surface area (TPSA) is 104 Å². The number of hydrogen-bond acceptors (Lipinski definition) is 5. The second-order valence-corrected chi connectivity index (χ2v) is 3.24. The number of aromatic hydroxyl groups is 2. The molecule has 1 aromatic rings. The van der Waals surface area contributed by atoms with Crippen LogP contribution in [0, 0.1) is 0 Å². The van der Waals surface area contributed by atoms with Gasteiger partial charge in [0.05, 0.1) is 6.42 Å². The van der Waals surface area contributed by atoms with Crippen molar-refractivity contribution in [1.82, 2.24) is 0 Å². The highest BCUT2D eigenvalue weighted by molar-refractivity contribution is 5.92. The molecule has 17 heavy (non-hydrogen) atoms. The van der Waals surface area contributed by atoms with Gasteiger partial charge in [-0.3, -0.25) is 4.79 Å². The molecule has 0 amide bonds. The zero-order valence-electron chi connectivity index (χ0n) is 8.71. The summed E-state index contributed by atoms with van der Waals surface area (Å²) >= 11 is 0. The van der Waals surface area contributed by atoms with E-state index in [-0.39, 0.29) is 22.8 Å². The minimum Gasteiger partial charge on any atom is -0.508 e. The van der Waals surface area contributed by atoms with Crippen LogP contribution in [0.1, 0.15) is 6.42 Å². The van der Waals surface area contributed by atoms with Crippen LogP contribution in [0.3, 0.4) is 0 Å². The van der Waals surface area contributed by atoms with E-state index in [9.17, 15) is 9.59 Å². The first-order chi connectivity index (χ1) is 7.88. The lowest BCUT2D eigenvalue weighted by molar-refractivity contribution is -0.138. The number of esters is 1. The number of carboxylic acids is 1. The number of carbonyl (C=O) groups is 2. The zero-order valence-corrected chi connectivity index (χ0v) is 8.71. The number of carbonyl (C=O) groups excluding carboxylic acids is 1. The highest BCUT2D eigenvalue weighted by Crippen LogP contribution is 2.26. The van der Waals surface area contributed by atoms with E-state index in [4.69, 9.17) is 20.1 Å². The van der Waals surface area contributed by atoms with Crippen molar-refractivity contribution in [2.45, 2.75) is 6.42 Å². The molecule has 0 saturated heterocycles. The fourth-order valence-corrected chi connectivity index (χ4v) is 1.04. The molecule has 0 spiro atoms. The lowest BCUT2D eigenvalue weighted by Crippen LogP contribution is -2.12. The first-order valence-corrected chi connectivity index (χ1v) is 4.53. The average molecular weight is 238 g/mol. The molecule has 1 aromatic carbocycles. The van der Waals surface area contributed by atoms with Crippen LogP contribution in [0.4, 0.5) is 0 Å². The van der Waals surface area contributed by atoms with Gasteiger partial charge in [0, 0.05) is 23.8 Å². The lowest BCUT2D eigenvalue weighted by Gasteiger charge is -2.05. The molecule has 0 fully saturated rings. The van der Waals surface area contributed by atoms with Crippen LogP contribution in [-0.4, -0.2) is 27.3 Å². The summed E-state index contributed by atoms with van der Waals surface area (Å²) in [7, 11) is 0. The van der Waals surface area contributed by atoms with Gasteiger partial charge in [0.2, 0.25) is 0 Å². The van der Waals surface area contributed by atoms with Crippen LogP contribution in [0.15, 0.2) is 30.4 Å². The summed E-state index contributed by atoms with van der Waals surface area (Å²) in [6.45, 7) is 3.17. The predicted molar refractivity (Wildman–Crippen MR) is 56.8 cm³/mol. The number of phenolic OH excluding ortho intramolecular Hbond substituents is 2. The Balaban J connectivity index is 2.68. The molecule has 0 bridgehead atoms. The van der Waals surface area contributed by atoms with Gasteiger partial charge in [-0.2, -0.15) is 0 Å². The number of benzene rings is 1. The molecule has 0 saturated carbocycles. The highest BCUT2D eigenvalue weighted by Gasteiger charge is 2.13. The fourth-order valence-electron chi connectivity index (χ4n) is 1.04. The first-order valence-electron chi connectivity index (χ1n) is 4.53. The van der Waals surface area contributed by atoms with Gasteiger partial charge in [-0.05, 0) is 0 Å². The van der Waals surface area contributed by atoms with Crippen LogP contribution in [-0.2, 0) is 9.59 Å². The lowest BCUT2D eigenvalue weighted by atomic mass is 10.2. The van der Waals surface area contributed by atoms with Crippen molar-refractivity contribution < 1.29 is 29.6 Å². The molecule has 0 aliphatic heterocycles. The average Bonchev–Trinajstić information content (AvgIpc) is 2.14. The molecule has 0 radical (unpaired) electrons. The van der Waals surface area contributed by atoms with Crippen molar-refractivity contribution in [3.05, 3.63) is 30.4 Å². The third-order valence-corrected chi connectivity index (χ3v) is 1.77. The largest absolute Gasteiger partial charge is 0.508 e. The van der Waals surface area contributed by atoms with E-state index in [0.29, 0.717) is 0 Å². The molecular weight excluding hydrogens is 228 g/mol. The second-order valence-electron chi connectivity index (χ2n) is 3.24.